The summed E-state index contributed by atoms with van der Waals surface area (Å²) in [7, 11) is 4.57. The number of hydrogen-bond donors (Lipinski definition) is 1. The highest BCUT2D eigenvalue weighted by Gasteiger charge is 2.17. The maximum atomic E-state index is 12.8. The van der Waals surface area contributed by atoms with Gasteiger partial charge in [-0.1, -0.05) is 41.9 Å². The molecule has 3 aromatic carbocycles. The first-order valence-corrected chi connectivity index (χ1v) is 9.51. The highest BCUT2D eigenvalue weighted by molar-refractivity contribution is 6.32. The minimum absolute atomic E-state index is 0.275. The minimum atomic E-state index is -0.367. The van der Waals surface area contributed by atoms with E-state index in [0.29, 0.717) is 40.9 Å². The topological polar surface area (TPSA) is 66.0 Å². The summed E-state index contributed by atoms with van der Waals surface area (Å²) >= 11 is 6.40. The van der Waals surface area contributed by atoms with Crippen molar-refractivity contribution < 1.29 is 23.7 Å². The number of carbonyl (C=O) groups is 1. The number of anilines is 1. The summed E-state index contributed by atoms with van der Waals surface area (Å²) in [5.41, 5.74) is 1.81. The number of amides is 1. The zero-order valence-corrected chi connectivity index (χ0v) is 17.7. The highest BCUT2D eigenvalue weighted by atomic mass is 35.5. The van der Waals surface area contributed by atoms with E-state index >= 15 is 0 Å². The van der Waals surface area contributed by atoms with E-state index in [9.17, 15) is 4.79 Å². The lowest BCUT2D eigenvalue weighted by Crippen LogP contribution is -2.13. The molecule has 0 heterocycles. The van der Waals surface area contributed by atoms with Gasteiger partial charge in [0.15, 0.2) is 11.5 Å². The van der Waals surface area contributed by atoms with E-state index in [1.165, 1.54) is 20.3 Å². The second-order valence-corrected chi connectivity index (χ2v) is 6.69. The van der Waals surface area contributed by atoms with Gasteiger partial charge in [0.2, 0.25) is 0 Å². The van der Waals surface area contributed by atoms with E-state index in [0.717, 1.165) is 5.56 Å². The molecular formula is C23H22ClNO5. The van der Waals surface area contributed by atoms with E-state index in [1.54, 1.807) is 31.4 Å². The van der Waals surface area contributed by atoms with Crippen LogP contribution >= 0.6 is 11.6 Å². The summed E-state index contributed by atoms with van der Waals surface area (Å²) in [4.78, 5) is 12.8. The second kappa shape index (κ2) is 9.89. The fourth-order valence-corrected chi connectivity index (χ4v) is 3.08. The van der Waals surface area contributed by atoms with Crippen LogP contribution in [0.4, 0.5) is 5.69 Å². The minimum Gasteiger partial charge on any atom is -0.497 e. The van der Waals surface area contributed by atoms with Crippen LogP contribution in [0.15, 0.2) is 60.7 Å². The lowest BCUT2D eigenvalue weighted by atomic mass is 10.1. The van der Waals surface area contributed by atoms with E-state index in [4.69, 9.17) is 30.5 Å². The number of methoxy groups -OCH3 is 3. The number of halogens is 1. The summed E-state index contributed by atoms with van der Waals surface area (Å²) in [6, 6.07) is 17.9. The summed E-state index contributed by atoms with van der Waals surface area (Å²) in [6.07, 6.45) is 0. The summed E-state index contributed by atoms with van der Waals surface area (Å²) in [6.45, 7) is 0.325. The first kappa shape index (κ1) is 21.3. The number of rotatable bonds is 8. The standard InChI is InChI=1S/C23H22ClNO5/c1-27-17-9-10-19(20(13-17)28-2)25-23(26)16-11-18(24)22(21(12-16)29-3)30-14-15-7-5-4-6-8-15/h4-13H,14H2,1-3H3,(H,25,26). The van der Waals surface area contributed by atoms with Gasteiger partial charge in [0, 0.05) is 11.6 Å². The molecule has 7 heteroatoms. The SMILES string of the molecule is COc1ccc(NC(=O)c2cc(Cl)c(OCc3ccccc3)c(OC)c2)c(OC)c1. The van der Waals surface area contributed by atoms with Crippen molar-refractivity contribution in [3.63, 3.8) is 0 Å². The lowest BCUT2D eigenvalue weighted by molar-refractivity contribution is 0.102. The molecule has 0 fully saturated rings. The molecule has 3 rings (SSSR count). The molecule has 0 saturated heterocycles. The molecule has 0 bridgehead atoms. The predicted octanol–water partition coefficient (Wildman–Crippen LogP) is 5.20. The van der Waals surface area contributed by atoms with Crippen LogP contribution in [0.1, 0.15) is 15.9 Å². The van der Waals surface area contributed by atoms with E-state index in [-0.39, 0.29) is 10.9 Å². The van der Waals surface area contributed by atoms with Gasteiger partial charge in [0.1, 0.15) is 18.1 Å². The smallest absolute Gasteiger partial charge is 0.255 e. The van der Waals surface area contributed by atoms with Crippen LogP contribution in [0.5, 0.6) is 23.0 Å². The number of benzene rings is 3. The molecule has 6 nitrogen and oxygen atoms in total. The molecule has 0 atom stereocenters. The number of ether oxygens (including phenoxy) is 4. The van der Waals surface area contributed by atoms with E-state index < -0.39 is 0 Å². The van der Waals surface area contributed by atoms with E-state index in [2.05, 4.69) is 5.32 Å². The molecule has 0 aliphatic rings. The van der Waals surface area contributed by atoms with E-state index in [1.807, 2.05) is 30.3 Å². The Bertz CT molecular complexity index is 1020. The van der Waals surface area contributed by atoms with Gasteiger partial charge in [0.25, 0.3) is 5.91 Å². The molecule has 0 radical (unpaired) electrons. The maximum absolute atomic E-state index is 12.8. The molecule has 0 unspecified atom stereocenters. The monoisotopic (exact) mass is 427 g/mol. The summed E-state index contributed by atoms with van der Waals surface area (Å²) in [5, 5.41) is 3.09. The van der Waals surface area contributed by atoms with Gasteiger partial charge in [-0.15, -0.1) is 0 Å². The van der Waals surface area contributed by atoms with Crippen LogP contribution in [-0.4, -0.2) is 27.2 Å². The van der Waals surface area contributed by atoms with Crippen LogP contribution in [0.25, 0.3) is 0 Å². The molecule has 30 heavy (non-hydrogen) atoms. The molecule has 0 spiro atoms. The Labute approximate surface area is 180 Å². The number of hydrogen-bond acceptors (Lipinski definition) is 5. The highest BCUT2D eigenvalue weighted by Crippen LogP contribution is 2.37. The first-order chi connectivity index (χ1) is 14.5. The van der Waals surface area contributed by atoms with Gasteiger partial charge in [-0.05, 0) is 29.8 Å². The third-order valence-electron chi connectivity index (χ3n) is 4.37. The third kappa shape index (κ3) is 4.96. The Balaban J connectivity index is 1.81. The average Bonchev–Trinajstić information content (AvgIpc) is 2.78. The zero-order valence-electron chi connectivity index (χ0n) is 16.9. The Morgan fingerprint density at radius 1 is 0.900 bits per heavy atom. The third-order valence-corrected chi connectivity index (χ3v) is 4.66. The number of carbonyl (C=O) groups excluding carboxylic acids is 1. The van der Waals surface area contributed by atoms with Gasteiger partial charge in [-0.2, -0.15) is 0 Å². The number of nitrogens with one attached hydrogen (secondary N) is 1. The van der Waals surface area contributed by atoms with Crippen LogP contribution in [0.2, 0.25) is 5.02 Å². The Hall–Kier alpha value is -3.38. The molecule has 0 saturated carbocycles. The molecule has 1 N–H and O–H groups in total. The Morgan fingerprint density at radius 2 is 1.63 bits per heavy atom. The quantitative estimate of drug-likeness (QED) is 0.535. The molecular weight excluding hydrogens is 406 g/mol. The van der Waals surface area contributed by atoms with Gasteiger partial charge in [0.05, 0.1) is 32.0 Å². The van der Waals surface area contributed by atoms with Crippen LogP contribution in [0, 0.1) is 0 Å². The van der Waals surface area contributed by atoms with Crippen molar-refractivity contribution in [1.82, 2.24) is 0 Å². The fourth-order valence-electron chi connectivity index (χ4n) is 2.82. The van der Waals surface area contributed by atoms with Crippen LogP contribution in [0.3, 0.4) is 0 Å². The largest absolute Gasteiger partial charge is 0.497 e. The van der Waals surface area contributed by atoms with Crippen molar-refractivity contribution in [2.24, 2.45) is 0 Å². The lowest BCUT2D eigenvalue weighted by Gasteiger charge is -2.15. The van der Waals surface area contributed by atoms with Crippen molar-refractivity contribution in [1.29, 1.82) is 0 Å². The Kier molecular flexibility index (Phi) is 7.03. The van der Waals surface area contributed by atoms with Crippen molar-refractivity contribution in [3.8, 4) is 23.0 Å². The molecule has 0 aliphatic carbocycles. The van der Waals surface area contributed by atoms with Crippen LogP contribution in [-0.2, 0) is 6.61 Å². The van der Waals surface area contributed by atoms with Gasteiger partial charge < -0.3 is 24.3 Å². The molecule has 0 aliphatic heterocycles. The van der Waals surface area contributed by atoms with Crippen molar-refractivity contribution in [2.45, 2.75) is 6.61 Å². The summed E-state index contributed by atoms with van der Waals surface area (Å²) in [5.74, 6) is 1.47. The maximum Gasteiger partial charge on any atom is 0.255 e. The first-order valence-electron chi connectivity index (χ1n) is 9.13. The van der Waals surface area contributed by atoms with Gasteiger partial charge >= 0.3 is 0 Å². The summed E-state index contributed by atoms with van der Waals surface area (Å²) < 4.78 is 21.7. The Morgan fingerprint density at radius 3 is 2.30 bits per heavy atom. The van der Waals surface area contributed by atoms with Gasteiger partial charge in [-0.25, -0.2) is 0 Å². The van der Waals surface area contributed by atoms with Crippen molar-refractivity contribution in [2.75, 3.05) is 26.6 Å². The normalized spacial score (nSPS) is 10.3. The molecule has 156 valence electrons. The molecule has 0 aromatic heterocycles. The average molecular weight is 428 g/mol. The van der Waals surface area contributed by atoms with Crippen molar-refractivity contribution >= 4 is 23.2 Å². The predicted molar refractivity (Wildman–Crippen MR) is 116 cm³/mol. The fraction of sp³-hybridized carbons (Fsp3) is 0.174. The van der Waals surface area contributed by atoms with Gasteiger partial charge in [-0.3, -0.25) is 4.79 Å². The zero-order chi connectivity index (χ0) is 21.5. The van der Waals surface area contributed by atoms with Crippen molar-refractivity contribution in [3.05, 3.63) is 76.8 Å². The molecule has 1 amide bonds. The molecule has 3 aromatic rings. The second-order valence-electron chi connectivity index (χ2n) is 6.28. The van der Waals surface area contributed by atoms with Crippen LogP contribution < -0.4 is 24.3 Å².